The van der Waals surface area contributed by atoms with Crippen molar-refractivity contribution in [2.45, 2.75) is 19.8 Å². The van der Waals surface area contributed by atoms with Gasteiger partial charge in [0.15, 0.2) is 18.3 Å². The average Bonchev–Trinajstić information content (AvgIpc) is 2.52. The largest absolute Gasteiger partial charge is 0.481 e. The van der Waals surface area contributed by atoms with Gasteiger partial charge in [-0.05, 0) is 18.6 Å². The summed E-state index contributed by atoms with van der Waals surface area (Å²) in [4.78, 5) is 21.5. The molecule has 0 aliphatic carbocycles. The van der Waals surface area contributed by atoms with Crippen LogP contribution in [0.4, 0.5) is 5.69 Å². The van der Waals surface area contributed by atoms with Crippen LogP contribution in [0, 0.1) is 0 Å². The van der Waals surface area contributed by atoms with E-state index in [-0.39, 0.29) is 32.5 Å². The summed E-state index contributed by atoms with van der Waals surface area (Å²) in [7, 11) is 0. The molecular weight excluding hydrogens is 318 g/mol. The molecule has 8 heteroatoms. The summed E-state index contributed by atoms with van der Waals surface area (Å²) in [5.74, 6) is -0.331. The van der Waals surface area contributed by atoms with Crippen molar-refractivity contribution in [1.29, 1.82) is 0 Å². The van der Waals surface area contributed by atoms with Crippen LogP contribution in [0.5, 0.6) is 11.5 Å². The van der Waals surface area contributed by atoms with Gasteiger partial charge in [-0.15, -0.1) is 0 Å². The quantitative estimate of drug-likeness (QED) is 0.342. The SMILES string of the molecule is C=COCOc1ccc(NC(C)=O)cc1OCOCCCC(=O)O. The van der Waals surface area contributed by atoms with Crippen LogP contribution in [-0.2, 0) is 19.1 Å². The molecule has 1 rings (SSSR count). The Morgan fingerprint density at radius 1 is 1.25 bits per heavy atom. The maximum Gasteiger partial charge on any atom is 0.303 e. The van der Waals surface area contributed by atoms with Crippen molar-refractivity contribution in [1.82, 2.24) is 0 Å². The molecule has 132 valence electrons. The highest BCUT2D eigenvalue weighted by Gasteiger charge is 2.08. The Morgan fingerprint density at radius 3 is 2.67 bits per heavy atom. The molecule has 0 saturated carbocycles. The van der Waals surface area contributed by atoms with Gasteiger partial charge in [0, 0.05) is 25.1 Å². The molecule has 0 atom stereocenters. The van der Waals surface area contributed by atoms with E-state index in [2.05, 4.69) is 11.9 Å². The van der Waals surface area contributed by atoms with E-state index in [1.807, 2.05) is 0 Å². The number of carbonyl (C=O) groups excluding carboxylic acids is 1. The lowest BCUT2D eigenvalue weighted by Crippen LogP contribution is -2.09. The first-order valence-corrected chi connectivity index (χ1v) is 7.22. The molecule has 0 radical (unpaired) electrons. The maximum atomic E-state index is 11.1. The van der Waals surface area contributed by atoms with Gasteiger partial charge >= 0.3 is 5.97 Å². The lowest BCUT2D eigenvalue weighted by atomic mass is 10.2. The van der Waals surface area contributed by atoms with Gasteiger partial charge in [-0.25, -0.2) is 0 Å². The number of carbonyl (C=O) groups is 2. The number of carboxylic acids is 1. The normalized spacial score (nSPS) is 9.88. The lowest BCUT2D eigenvalue weighted by Gasteiger charge is -2.14. The first-order valence-electron chi connectivity index (χ1n) is 7.22. The Labute approximate surface area is 140 Å². The third-order valence-electron chi connectivity index (χ3n) is 2.64. The van der Waals surface area contributed by atoms with E-state index in [1.165, 1.54) is 13.2 Å². The van der Waals surface area contributed by atoms with Crippen molar-refractivity contribution in [3.8, 4) is 11.5 Å². The summed E-state index contributed by atoms with van der Waals surface area (Å²) in [5.41, 5.74) is 0.542. The van der Waals surface area contributed by atoms with E-state index in [0.29, 0.717) is 23.6 Å². The van der Waals surface area contributed by atoms with Crippen molar-refractivity contribution in [3.05, 3.63) is 31.0 Å². The number of amides is 1. The first kappa shape index (κ1) is 19.3. The zero-order valence-corrected chi connectivity index (χ0v) is 13.4. The molecule has 0 aromatic heterocycles. The number of hydrogen-bond donors (Lipinski definition) is 2. The van der Waals surface area contributed by atoms with E-state index in [0.717, 1.165) is 0 Å². The van der Waals surface area contributed by atoms with Gasteiger partial charge in [0.25, 0.3) is 0 Å². The topological polar surface area (TPSA) is 103 Å². The molecule has 0 aliphatic rings. The van der Waals surface area contributed by atoms with Crippen LogP contribution in [-0.4, -0.2) is 37.2 Å². The van der Waals surface area contributed by atoms with E-state index < -0.39 is 5.97 Å². The second-order valence-electron chi connectivity index (χ2n) is 4.61. The molecule has 0 spiro atoms. The van der Waals surface area contributed by atoms with Crippen LogP contribution in [0.25, 0.3) is 0 Å². The Hall–Kier alpha value is -2.74. The van der Waals surface area contributed by atoms with Gasteiger partial charge in [-0.1, -0.05) is 6.58 Å². The Balaban J connectivity index is 2.59. The molecule has 8 nitrogen and oxygen atoms in total. The number of carboxylic acid groups (broad SMARTS) is 1. The number of nitrogens with one attached hydrogen (secondary N) is 1. The van der Waals surface area contributed by atoms with Crippen molar-refractivity contribution >= 4 is 17.6 Å². The van der Waals surface area contributed by atoms with E-state index in [1.54, 1.807) is 18.2 Å². The molecule has 0 fully saturated rings. The van der Waals surface area contributed by atoms with Gasteiger partial charge in [0.2, 0.25) is 12.7 Å². The third-order valence-corrected chi connectivity index (χ3v) is 2.64. The van der Waals surface area contributed by atoms with Crippen LogP contribution in [0.3, 0.4) is 0 Å². The van der Waals surface area contributed by atoms with Crippen LogP contribution >= 0.6 is 0 Å². The molecule has 24 heavy (non-hydrogen) atoms. The molecule has 0 unspecified atom stereocenters. The van der Waals surface area contributed by atoms with E-state index >= 15 is 0 Å². The van der Waals surface area contributed by atoms with Crippen LogP contribution in [0.2, 0.25) is 0 Å². The van der Waals surface area contributed by atoms with E-state index in [4.69, 9.17) is 24.1 Å². The summed E-state index contributed by atoms with van der Waals surface area (Å²) in [6.07, 6.45) is 1.67. The summed E-state index contributed by atoms with van der Waals surface area (Å²) in [6, 6.07) is 4.87. The van der Waals surface area contributed by atoms with Gasteiger partial charge in [-0.3, -0.25) is 9.59 Å². The molecule has 0 aliphatic heterocycles. The molecule has 1 aromatic rings. The fourth-order valence-corrected chi connectivity index (χ4v) is 1.66. The van der Waals surface area contributed by atoms with Crippen molar-refractivity contribution in [2.24, 2.45) is 0 Å². The highest BCUT2D eigenvalue weighted by Crippen LogP contribution is 2.30. The molecule has 0 bridgehead atoms. The van der Waals surface area contributed by atoms with Gasteiger partial charge < -0.3 is 29.4 Å². The number of benzene rings is 1. The Morgan fingerprint density at radius 2 is 2.00 bits per heavy atom. The number of anilines is 1. The fraction of sp³-hybridized carbons (Fsp3) is 0.375. The second-order valence-corrected chi connectivity index (χ2v) is 4.61. The van der Waals surface area contributed by atoms with E-state index in [9.17, 15) is 9.59 Å². The molecule has 1 aromatic carbocycles. The monoisotopic (exact) mass is 339 g/mol. The van der Waals surface area contributed by atoms with Crippen LogP contribution in [0.1, 0.15) is 19.8 Å². The lowest BCUT2D eigenvalue weighted by molar-refractivity contribution is -0.137. The number of hydrogen-bond acceptors (Lipinski definition) is 6. The summed E-state index contributed by atoms with van der Waals surface area (Å²) >= 11 is 0. The predicted octanol–water partition coefficient (Wildman–Crippen LogP) is 2.36. The highest BCUT2D eigenvalue weighted by atomic mass is 16.7. The molecule has 0 saturated heterocycles. The summed E-state index contributed by atoms with van der Waals surface area (Å²) < 4.78 is 21.0. The summed E-state index contributed by atoms with van der Waals surface area (Å²) in [5, 5.41) is 11.2. The third kappa shape index (κ3) is 8.04. The van der Waals surface area contributed by atoms with Crippen LogP contribution in [0.15, 0.2) is 31.0 Å². The maximum absolute atomic E-state index is 11.1. The minimum absolute atomic E-state index is 0.0330. The standard InChI is InChI=1S/C16H21NO7/c1-3-21-10-23-14-7-6-13(17-12(2)18)9-15(14)24-11-22-8-4-5-16(19)20/h3,6-7,9H,1,4-5,8,10-11H2,2H3,(H,17,18)(H,19,20). The van der Waals surface area contributed by atoms with Crippen LogP contribution < -0.4 is 14.8 Å². The number of rotatable bonds is 12. The van der Waals surface area contributed by atoms with Crippen molar-refractivity contribution in [3.63, 3.8) is 0 Å². The fourth-order valence-electron chi connectivity index (χ4n) is 1.66. The second kappa shape index (κ2) is 10.9. The smallest absolute Gasteiger partial charge is 0.303 e. The minimum atomic E-state index is -0.875. The zero-order valence-electron chi connectivity index (χ0n) is 13.4. The molecular formula is C16H21NO7. The van der Waals surface area contributed by atoms with Gasteiger partial charge in [0.1, 0.15) is 0 Å². The Kier molecular flexibility index (Phi) is 8.77. The minimum Gasteiger partial charge on any atom is -0.481 e. The first-order chi connectivity index (χ1) is 11.5. The molecule has 2 N–H and O–H groups in total. The predicted molar refractivity (Wildman–Crippen MR) is 85.8 cm³/mol. The number of ether oxygens (including phenoxy) is 4. The van der Waals surface area contributed by atoms with Gasteiger partial charge in [-0.2, -0.15) is 0 Å². The summed E-state index contributed by atoms with van der Waals surface area (Å²) in [6.45, 7) is 4.94. The molecule has 1 amide bonds. The average molecular weight is 339 g/mol. The zero-order chi connectivity index (χ0) is 17.8. The Bertz CT molecular complexity index is 559. The highest BCUT2D eigenvalue weighted by molar-refractivity contribution is 5.89. The number of aliphatic carboxylic acids is 1. The van der Waals surface area contributed by atoms with Gasteiger partial charge in [0.05, 0.1) is 12.9 Å². The van der Waals surface area contributed by atoms with Crippen molar-refractivity contribution in [2.75, 3.05) is 25.5 Å². The van der Waals surface area contributed by atoms with Crippen molar-refractivity contribution < 1.29 is 33.6 Å². The molecule has 0 heterocycles.